The molecular formula is C12H17IOS. The van der Waals surface area contributed by atoms with E-state index < -0.39 is 0 Å². The van der Waals surface area contributed by atoms with E-state index >= 15 is 0 Å². The summed E-state index contributed by atoms with van der Waals surface area (Å²) in [6.45, 7) is 4.45. The van der Waals surface area contributed by atoms with Crippen molar-refractivity contribution >= 4 is 33.9 Å². The summed E-state index contributed by atoms with van der Waals surface area (Å²) in [6, 6.07) is 4.49. The molecule has 0 radical (unpaired) electrons. The molecule has 1 aliphatic rings. The molecule has 0 aromatic carbocycles. The van der Waals surface area contributed by atoms with Gasteiger partial charge >= 0.3 is 0 Å². The Labute approximate surface area is 109 Å². The first-order chi connectivity index (χ1) is 7.18. The number of ether oxygens (including phenoxy) is 1. The van der Waals surface area contributed by atoms with E-state index in [0.717, 1.165) is 10.8 Å². The van der Waals surface area contributed by atoms with E-state index in [1.807, 2.05) is 11.3 Å². The minimum Gasteiger partial charge on any atom is -0.366 e. The summed E-state index contributed by atoms with van der Waals surface area (Å²) in [6.07, 6.45) is 3.97. The van der Waals surface area contributed by atoms with Gasteiger partial charge in [-0.1, -0.05) is 29.5 Å². The van der Waals surface area contributed by atoms with Crippen LogP contribution in [0, 0.1) is 0 Å². The van der Waals surface area contributed by atoms with E-state index in [9.17, 15) is 0 Å². The topological polar surface area (TPSA) is 9.23 Å². The fourth-order valence-corrected chi connectivity index (χ4v) is 3.75. The third-order valence-electron chi connectivity index (χ3n) is 3.07. The highest BCUT2D eigenvalue weighted by Crippen LogP contribution is 2.42. The van der Waals surface area contributed by atoms with E-state index in [4.69, 9.17) is 4.74 Å². The number of rotatable bonds is 3. The molecule has 1 aromatic rings. The fraction of sp³-hybridized carbons (Fsp3) is 0.667. The zero-order valence-corrected chi connectivity index (χ0v) is 12.2. The van der Waals surface area contributed by atoms with Gasteiger partial charge in [-0.15, -0.1) is 11.3 Å². The first-order valence-corrected chi connectivity index (χ1v) is 7.85. The summed E-state index contributed by atoms with van der Waals surface area (Å²) < 4.78 is 7.26. The summed E-state index contributed by atoms with van der Waals surface area (Å²) in [4.78, 5) is 2.87. The predicted molar refractivity (Wildman–Crippen MR) is 74.0 cm³/mol. The fourth-order valence-electron chi connectivity index (χ4n) is 2.06. The minimum absolute atomic E-state index is 0.00603. The molecule has 15 heavy (non-hydrogen) atoms. The standard InChI is InChI=1S/C12H17IOS/c1-3-10-4-5-11(15-10)12(2)7-6-9(8-13)14-12/h4-5,9H,3,6-8H2,1-2H3. The maximum Gasteiger partial charge on any atom is 0.0999 e. The third kappa shape index (κ3) is 2.39. The number of aryl methyl sites for hydroxylation is 1. The predicted octanol–water partition coefficient (Wildman–Crippen LogP) is 4.14. The molecule has 1 saturated heterocycles. The summed E-state index contributed by atoms with van der Waals surface area (Å²) in [5.74, 6) is 0. The quantitative estimate of drug-likeness (QED) is 0.595. The van der Waals surface area contributed by atoms with E-state index in [1.54, 1.807) is 0 Å². The summed E-state index contributed by atoms with van der Waals surface area (Å²) in [7, 11) is 0. The van der Waals surface area contributed by atoms with E-state index in [2.05, 4.69) is 48.6 Å². The van der Waals surface area contributed by atoms with Gasteiger partial charge in [-0.2, -0.15) is 0 Å². The number of thiophene rings is 1. The van der Waals surface area contributed by atoms with Crippen molar-refractivity contribution in [2.24, 2.45) is 0 Å². The van der Waals surface area contributed by atoms with Gasteiger partial charge in [0, 0.05) is 14.2 Å². The molecule has 2 heterocycles. The van der Waals surface area contributed by atoms with Crippen LogP contribution in [-0.2, 0) is 16.8 Å². The van der Waals surface area contributed by atoms with Gasteiger partial charge in [-0.3, -0.25) is 0 Å². The Kier molecular flexibility index (Phi) is 3.73. The van der Waals surface area contributed by atoms with Crippen molar-refractivity contribution in [3.63, 3.8) is 0 Å². The van der Waals surface area contributed by atoms with Crippen LogP contribution >= 0.6 is 33.9 Å². The van der Waals surface area contributed by atoms with E-state index in [1.165, 1.54) is 22.6 Å². The van der Waals surface area contributed by atoms with Crippen molar-refractivity contribution in [3.05, 3.63) is 21.9 Å². The van der Waals surface area contributed by atoms with Crippen molar-refractivity contribution in [1.82, 2.24) is 0 Å². The van der Waals surface area contributed by atoms with Crippen LogP contribution in [0.2, 0.25) is 0 Å². The van der Waals surface area contributed by atoms with Crippen molar-refractivity contribution in [3.8, 4) is 0 Å². The first-order valence-electron chi connectivity index (χ1n) is 5.51. The van der Waals surface area contributed by atoms with Gasteiger partial charge in [-0.05, 0) is 38.3 Å². The van der Waals surface area contributed by atoms with Crippen molar-refractivity contribution in [2.45, 2.75) is 44.8 Å². The molecule has 84 valence electrons. The van der Waals surface area contributed by atoms with Gasteiger partial charge in [0.2, 0.25) is 0 Å². The highest BCUT2D eigenvalue weighted by molar-refractivity contribution is 14.1. The molecule has 0 N–H and O–H groups in total. The number of halogens is 1. The average Bonchev–Trinajstić information content (AvgIpc) is 2.84. The Bertz CT molecular complexity index is 336. The Hall–Kier alpha value is 0.390. The average molecular weight is 336 g/mol. The van der Waals surface area contributed by atoms with Crippen molar-refractivity contribution in [2.75, 3.05) is 4.43 Å². The minimum atomic E-state index is -0.00603. The molecule has 0 saturated carbocycles. The summed E-state index contributed by atoms with van der Waals surface area (Å²) in [5, 5.41) is 0. The second-order valence-electron chi connectivity index (χ2n) is 4.28. The van der Waals surface area contributed by atoms with Crippen molar-refractivity contribution < 1.29 is 4.74 Å². The molecule has 1 fully saturated rings. The first kappa shape index (κ1) is 11.9. The number of alkyl halides is 1. The largest absolute Gasteiger partial charge is 0.366 e. The lowest BCUT2D eigenvalue weighted by atomic mass is 10.0. The molecule has 2 unspecified atom stereocenters. The number of hydrogen-bond acceptors (Lipinski definition) is 2. The van der Waals surface area contributed by atoms with Gasteiger partial charge in [0.25, 0.3) is 0 Å². The molecule has 0 aliphatic carbocycles. The van der Waals surface area contributed by atoms with E-state index in [0.29, 0.717) is 6.10 Å². The van der Waals surface area contributed by atoms with Crippen LogP contribution in [0.15, 0.2) is 12.1 Å². The molecule has 1 nitrogen and oxygen atoms in total. The van der Waals surface area contributed by atoms with Crippen molar-refractivity contribution in [1.29, 1.82) is 0 Å². The third-order valence-corrected chi connectivity index (χ3v) is 5.53. The highest BCUT2D eigenvalue weighted by Gasteiger charge is 2.37. The normalized spacial score (nSPS) is 31.0. The second kappa shape index (κ2) is 4.72. The second-order valence-corrected chi connectivity index (χ2v) is 6.33. The lowest BCUT2D eigenvalue weighted by Gasteiger charge is -2.23. The Balaban J connectivity index is 2.16. The Morgan fingerprint density at radius 1 is 1.60 bits per heavy atom. The maximum atomic E-state index is 6.14. The van der Waals surface area contributed by atoms with Crippen LogP contribution in [0.1, 0.15) is 36.4 Å². The maximum absolute atomic E-state index is 6.14. The summed E-state index contributed by atoms with van der Waals surface area (Å²) in [5.41, 5.74) is -0.00603. The van der Waals surface area contributed by atoms with Crippen LogP contribution in [0.3, 0.4) is 0 Å². The van der Waals surface area contributed by atoms with Gasteiger partial charge in [0.05, 0.1) is 11.7 Å². The SMILES string of the molecule is CCc1ccc(C2(C)CCC(CI)O2)s1. The van der Waals surface area contributed by atoms with Crippen LogP contribution in [-0.4, -0.2) is 10.5 Å². The van der Waals surface area contributed by atoms with Gasteiger partial charge in [-0.25, -0.2) is 0 Å². The van der Waals surface area contributed by atoms with Crippen LogP contribution in [0.25, 0.3) is 0 Å². The molecule has 3 heteroatoms. The van der Waals surface area contributed by atoms with E-state index in [-0.39, 0.29) is 5.60 Å². The lowest BCUT2D eigenvalue weighted by Crippen LogP contribution is -2.21. The zero-order valence-electron chi connectivity index (χ0n) is 9.25. The number of hydrogen-bond donors (Lipinski definition) is 0. The molecule has 2 atom stereocenters. The molecule has 1 aromatic heterocycles. The Morgan fingerprint density at radius 2 is 2.40 bits per heavy atom. The van der Waals surface area contributed by atoms with Crippen LogP contribution in [0.5, 0.6) is 0 Å². The molecule has 2 rings (SSSR count). The monoisotopic (exact) mass is 336 g/mol. The van der Waals surface area contributed by atoms with Gasteiger partial charge in [0.15, 0.2) is 0 Å². The molecule has 0 amide bonds. The Morgan fingerprint density at radius 3 is 2.93 bits per heavy atom. The van der Waals surface area contributed by atoms with Gasteiger partial charge < -0.3 is 4.74 Å². The summed E-state index contributed by atoms with van der Waals surface area (Å²) >= 11 is 4.33. The molecule has 0 bridgehead atoms. The molecule has 1 aliphatic heterocycles. The molecular weight excluding hydrogens is 319 g/mol. The van der Waals surface area contributed by atoms with Crippen LogP contribution < -0.4 is 0 Å². The molecule has 0 spiro atoms. The highest BCUT2D eigenvalue weighted by atomic mass is 127. The zero-order chi connectivity index (χ0) is 10.9. The lowest BCUT2D eigenvalue weighted by molar-refractivity contribution is -0.0188. The van der Waals surface area contributed by atoms with Crippen LogP contribution in [0.4, 0.5) is 0 Å². The van der Waals surface area contributed by atoms with Gasteiger partial charge in [0.1, 0.15) is 0 Å². The smallest absolute Gasteiger partial charge is 0.0999 e.